The van der Waals surface area contributed by atoms with Crippen LogP contribution in [0.3, 0.4) is 0 Å². The minimum absolute atomic E-state index is 0.150. The van der Waals surface area contributed by atoms with E-state index in [2.05, 4.69) is 26.5 Å². The van der Waals surface area contributed by atoms with Gasteiger partial charge in [0, 0.05) is 11.8 Å². The van der Waals surface area contributed by atoms with Crippen LogP contribution in [-0.2, 0) is 19.1 Å². The van der Waals surface area contributed by atoms with Gasteiger partial charge in [-0.15, -0.1) is 6.58 Å². The Morgan fingerprint density at radius 2 is 1.71 bits per heavy atom. The Balaban J connectivity index is 2.67. The van der Waals surface area contributed by atoms with Crippen molar-refractivity contribution in [3.05, 3.63) is 46.6 Å². The quantitative estimate of drug-likeness (QED) is 0.569. The highest BCUT2D eigenvalue weighted by Crippen LogP contribution is 2.58. The number of methoxy groups -OCH3 is 2. The second kappa shape index (κ2) is 6.42. The normalized spacial score (nSPS) is 22.4. The van der Waals surface area contributed by atoms with Crippen molar-refractivity contribution in [1.82, 2.24) is 0 Å². The molecule has 0 saturated heterocycles. The van der Waals surface area contributed by atoms with Crippen molar-refractivity contribution < 1.29 is 19.1 Å². The molecular weight excluding hydrogens is 304 g/mol. The van der Waals surface area contributed by atoms with Crippen LogP contribution >= 0.6 is 0 Å². The van der Waals surface area contributed by atoms with Crippen molar-refractivity contribution >= 4 is 11.9 Å². The van der Waals surface area contributed by atoms with Gasteiger partial charge in [-0.2, -0.15) is 0 Å². The third kappa shape index (κ3) is 2.64. The summed E-state index contributed by atoms with van der Waals surface area (Å²) in [6.07, 6.45) is 4.80. The summed E-state index contributed by atoms with van der Waals surface area (Å²) < 4.78 is 9.92. The molecule has 2 rings (SSSR count). The maximum atomic E-state index is 12.5. The monoisotopic (exact) mass is 330 g/mol. The Kier molecular flexibility index (Phi) is 4.88. The molecule has 0 unspecified atom stereocenters. The third-order valence-electron chi connectivity index (χ3n) is 5.02. The Bertz CT molecular complexity index is 684. The average molecular weight is 330 g/mol. The smallest absolute Gasteiger partial charge is 0.335 e. The zero-order valence-corrected chi connectivity index (χ0v) is 15.4. The van der Waals surface area contributed by atoms with Crippen LogP contribution in [0.15, 0.2) is 46.6 Å². The first-order valence-electron chi connectivity index (χ1n) is 8.12. The molecule has 0 heterocycles. The molecule has 0 fully saturated rings. The lowest BCUT2D eigenvalue weighted by Gasteiger charge is -2.31. The second-order valence-electron chi connectivity index (χ2n) is 7.18. The molecule has 0 amide bonds. The minimum Gasteiger partial charge on any atom is -0.466 e. The lowest BCUT2D eigenvalue weighted by Crippen LogP contribution is -2.26. The number of ether oxygens (including phenoxy) is 2. The van der Waals surface area contributed by atoms with E-state index in [-0.39, 0.29) is 17.3 Å². The van der Waals surface area contributed by atoms with E-state index in [1.165, 1.54) is 14.2 Å². The number of hydrogen-bond acceptors (Lipinski definition) is 4. The summed E-state index contributed by atoms with van der Waals surface area (Å²) in [5.41, 5.74) is 4.07. The first-order valence-corrected chi connectivity index (χ1v) is 8.12. The zero-order valence-electron chi connectivity index (χ0n) is 15.4. The summed E-state index contributed by atoms with van der Waals surface area (Å²) in [5, 5.41) is 0. The van der Waals surface area contributed by atoms with Crippen molar-refractivity contribution in [2.24, 2.45) is 17.3 Å². The fourth-order valence-corrected chi connectivity index (χ4v) is 3.96. The molecule has 0 saturated carbocycles. The van der Waals surface area contributed by atoms with Gasteiger partial charge in [-0.3, -0.25) is 0 Å². The Morgan fingerprint density at radius 1 is 1.17 bits per heavy atom. The maximum absolute atomic E-state index is 12.5. The number of hydrogen-bond donors (Lipinski definition) is 0. The van der Waals surface area contributed by atoms with Crippen molar-refractivity contribution in [1.29, 1.82) is 0 Å². The van der Waals surface area contributed by atoms with Crippen LogP contribution in [0.4, 0.5) is 0 Å². The summed E-state index contributed by atoms with van der Waals surface area (Å²) in [6.45, 7) is 12.1. The lowest BCUT2D eigenvalue weighted by molar-refractivity contribution is -0.139. The van der Waals surface area contributed by atoms with Crippen molar-refractivity contribution in [2.75, 3.05) is 14.2 Å². The molecule has 0 aromatic heterocycles. The van der Waals surface area contributed by atoms with E-state index in [0.29, 0.717) is 11.1 Å². The number of rotatable bonds is 5. The molecule has 0 spiro atoms. The summed E-state index contributed by atoms with van der Waals surface area (Å²) in [4.78, 5) is 24.8. The number of allylic oxidation sites excluding steroid dienone is 5. The first kappa shape index (κ1) is 18.2. The van der Waals surface area contributed by atoms with Crippen molar-refractivity contribution in [2.45, 2.75) is 34.1 Å². The SMILES string of the molecule is C=CCC(C)(C)C1=C[C@@H]2C(C(=O)OC)=C(C(=O)OC)[C@H]1C2=C(C)C. The van der Waals surface area contributed by atoms with E-state index < -0.39 is 11.9 Å². The number of carbonyl (C=O) groups excluding carboxylic acids is 2. The van der Waals surface area contributed by atoms with Crippen LogP contribution in [0.25, 0.3) is 0 Å². The summed E-state index contributed by atoms with van der Waals surface area (Å²) in [6, 6.07) is 0. The Morgan fingerprint density at radius 3 is 2.17 bits per heavy atom. The molecule has 0 radical (unpaired) electrons. The van der Waals surface area contributed by atoms with E-state index >= 15 is 0 Å². The average Bonchev–Trinajstić information content (AvgIpc) is 3.06. The van der Waals surface area contributed by atoms with Gasteiger partial charge >= 0.3 is 11.9 Å². The Hall–Kier alpha value is -2.10. The standard InChI is InChI=1S/C20H26O4/c1-8-9-20(4,5)13-10-12-14(11(2)3)16(13)17(19(22)24-7)15(12)18(21)23-6/h8,10,12,16H,1,9H2,2-7H3/t12-,16+/m0/s1. The van der Waals surface area contributed by atoms with Gasteiger partial charge < -0.3 is 9.47 Å². The highest BCUT2D eigenvalue weighted by atomic mass is 16.5. The van der Waals surface area contributed by atoms with E-state index in [1.54, 1.807) is 0 Å². The molecule has 2 atom stereocenters. The third-order valence-corrected chi connectivity index (χ3v) is 5.02. The lowest BCUT2D eigenvalue weighted by atomic mass is 9.72. The molecule has 0 N–H and O–H groups in total. The van der Waals surface area contributed by atoms with Crippen LogP contribution in [-0.4, -0.2) is 26.2 Å². The van der Waals surface area contributed by atoms with Crippen LogP contribution < -0.4 is 0 Å². The highest BCUT2D eigenvalue weighted by Gasteiger charge is 2.52. The van der Waals surface area contributed by atoms with Gasteiger partial charge in [-0.05, 0) is 31.3 Å². The fourth-order valence-electron chi connectivity index (χ4n) is 3.96. The molecule has 2 bridgehead atoms. The van der Waals surface area contributed by atoms with E-state index in [1.807, 2.05) is 19.9 Å². The van der Waals surface area contributed by atoms with Gasteiger partial charge in [0.15, 0.2) is 0 Å². The van der Waals surface area contributed by atoms with Crippen LogP contribution in [0, 0.1) is 17.3 Å². The zero-order chi connectivity index (χ0) is 18.2. The minimum atomic E-state index is -0.460. The van der Waals surface area contributed by atoms with Gasteiger partial charge in [0.1, 0.15) is 0 Å². The first-order chi connectivity index (χ1) is 11.2. The van der Waals surface area contributed by atoms with Crippen molar-refractivity contribution in [3.8, 4) is 0 Å². The van der Waals surface area contributed by atoms with E-state index in [4.69, 9.17) is 9.47 Å². The van der Waals surface area contributed by atoms with Gasteiger partial charge in [0.05, 0.1) is 25.4 Å². The van der Waals surface area contributed by atoms with Crippen LogP contribution in [0.2, 0.25) is 0 Å². The molecule has 2 aliphatic carbocycles. The summed E-state index contributed by atoms with van der Waals surface area (Å²) >= 11 is 0. The number of carbonyl (C=O) groups is 2. The number of fused-ring (bicyclic) bond motifs is 2. The van der Waals surface area contributed by atoms with Gasteiger partial charge in [0.2, 0.25) is 0 Å². The molecule has 0 aliphatic heterocycles. The highest BCUT2D eigenvalue weighted by molar-refractivity contribution is 6.05. The predicted molar refractivity (Wildman–Crippen MR) is 93.1 cm³/mol. The number of esters is 2. The van der Waals surface area contributed by atoms with Gasteiger partial charge in [0.25, 0.3) is 0 Å². The topological polar surface area (TPSA) is 52.6 Å². The van der Waals surface area contributed by atoms with E-state index in [9.17, 15) is 9.59 Å². The summed E-state index contributed by atoms with van der Waals surface area (Å²) in [5.74, 6) is -1.34. The van der Waals surface area contributed by atoms with Gasteiger partial charge in [-0.1, -0.05) is 37.1 Å². The predicted octanol–water partition coefficient (Wildman–Crippen LogP) is 3.75. The molecule has 4 heteroatoms. The molecule has 24 heavy (non-hydrogen) atoms. The molecule has 4 nitrogen and oxygen atoms in total. The van der Waals surface area contributed by atoms with Crippen LogP contribution in [0.5, 0.6) is 0 Å². The van der Waals surface area contributed by atoms with Gasteiger partial charge in [-0.25, -0.2) is 9.59 Å². The molecule has 0 aromatic rings. The second-order valence-corrected chi connectivity index (χ2v) is 7.18. The maximum Gasteiger partial charge on any atom is 0.335 e. The molecule has 2 aliphatic rings. The molecule has 130 valence electrons. The molecular formula is C20H26O4. The largest absolute Gasteiger partial charge is 0.466 e. The van der Waals surface area contributed by atoms with Crippen molar-refractivity contribution in [3.63, 3.8) is 0 Å². The fraction of sp³-hybridized carbons (Fsp3) is 0.500. The Labute approximate surface area is 143 Å². The molecule has 0 aromatic carbocycles. The van der Waals surface area contributed by atoms with E-state index in [0.717, 1.165) is 23.1 Å². The summed E-state index contributed by atoms with van der Waals surface area (Å²) in [7, 11) is 2.68. The van der Waals surface area contributed by atoms with Crippen LogP contribution in [0.1, 0.15) is 34.1 Å².